The van der Waals surface area contributed by atoms with E-state index in [1.807, 2.05) is 13.0 Å². The van der Waals surface area contributed by atoms with Gasteiger partial charge in [0.1, 0.15) is 0 Å². The molecule has 0 atom stereocenters. The highest BCUT2D eigenvalue weighted by molar-refractivity contribution is 7.91. The number of nitrogens with one attached hydrogen (secondary N) is 1. The summed E-state index contributed by atoms with van der Waals surface area (Å²) < 4.78 is 29.8. The summed E-state index contributed by atoms with van der Waals surface area (Å²) in [5.41, 5.74) is 0.667. The first-order valence-corrected chi connectivity index (χ1v) is 8.90. The zero-order chi connectivity index (χ0) is 14.8. The van der Waals surface area contributed by atoms with Gasteiger partial charge in [0.2, 0.25) is 0 Å². The normalized spacial score (nSPS) is 11.5. The molecular formula is C15H25NO3S. The maximum atomic E-state index is 12.2. The Bertz CT molecular complexity index is 486. The molecule has 1 aromatic carbocycles. The fourth-order valence-electron chi connectivity index (χ4n) is 1.87. The second-order valence-corrected chi connectivity index (χ2v) is 6.79. The third kappa shape index (κ3) is 5.51. The fraction of sp³-hybridized carbons (Fsp3) is 0.600. The van der Waals surface area contributed by atoms with Gasteiger partial charge in [0.05, 0.1) is 22.9 Å². The van der Waals surface area contributed by atoms with Gasteiger partial charge in [-0.1, -0.05) is 32.4 Å². The summed E-state index contributed by atoms with van der Waals surface area (Å²) in [6.07, 6.45) is 2.80. The van der Waals surface area contributed by atoms with Gasteiger partial charge in [0.25, 0.3) is 0 Å². The molecule has 0 spiro atoms. The van der Waals surface area contributed by atoms with Gasteiger partial charge in [-0.2, -0.15) is 0 Å². The van der Waals surface area contributed by atoms with Crippen LogP contribution in [0.25, 0.3) is 0 Å². The average molecular weight is 299 g/mol. The van der Waals surface area contributed by atoms with Crippen molar-refractivity contribution in [3.05, 3.63) is 24.3 Å². The van der Waals surface area contributed by atoms with Crippen molar-refractivity contribution in [2.24, 2.45) is 0 Å². The molecule has 0 bridgehead atoms. The first kappa shape index (κ1) is 17.0. The Morgan fingerprint density at radius 1 is 1.10 bits per heavy atom. The van der Waals surface area contributed by atoms with Gasteiger partial charge in [-0.3, -0.25) is 0 Å². The second kappa shape index (κ2) is 8.97. The summed E-state index contributed by atoms with van der Waals surface area (Å²) in [4.78, 5) is 0.385. The predicted octanol–water partition coefficient (Wildman–Crippen LogP) is 3.10. The van der Waals surface area contributed by atoms with Crippen molar-refractivity contribution in [3.8, 4) is 0 Å². The van der Waals surface area contributed by atoms with E-state index in [2.05, 4.69) is 12.2 Å². The maximum absolute atomic E-state index is 12.2. The molecule has 20 heavy (non-hydrogen) atoms. The Kier molecular flexibility index (Phi) is 7.62. The number of para-hydroxylation sites is 1. The molecule has 1 aromatic rings. The molecular weight excluding hydrogens is 274 g/mol. The van der Waals surface area contributed by atoms with Crippen LogP contribution in [0.5, 0.6) is 0 Å². The Balaban J connectivity index is 2.58. The predicted molar refractivity (Wildman–Crippen MR) is 83.0 cm³/mol. The number of sulfone groups is 1. The van der Waals surface area contributed by atoms with Gasteiger partial charge in [0, 0.05) is 13.2 Å². The van der Waals surface area contributed by atoms with Gasteiger partial charge in [-0.25, -0.2) is 8.42 Å². The molecule has 0 unspecified atom stereocenters. The lowest BCUT2D eigenvalue weighted by atomic mass is 10.3. The summed E-state index contributed by atoms with van der Waals surface area (Å²) in [5, 5.41) is 3.15. The number of anilines is 1. The highest BCUT2D eigenvalue weighted by Crippen LogP contribution is 2.22. The van der Waals surface area contributed by atoms with Gasteiger partial charge in [0.15, 0.2) is 9.84 Å². The van der Waals surface area contributed by atoms with E-state index in [4.69, 9.17) is 4.74 Å². The van der Waals surface area contributed by atoms with Crippen molar-refractivity contribution < 1.29 is 13.2 Å². The summed E-state index contributed by atoms with van der Waals surface area (Å²) in [6, 6.07) is 7.05. The third-order valence-corrected chi connectivity index (χ3v) is 4.87. The molecule has 0 amide bonds. The maximum Gasteiger partial charge on any atom is 0.180 e. The van der Waals surface area contributed by atoms with E-state index in [0.717, 1.165) is 19.4 Å². The zero-order valence-corrected chi connectivity index (χ0v) is 13.2. The van der Waals surface area contributed by atoms with Gasteiger partial charge in [-0.15, -0.1) is 0 Å². The minimum atomic E-state index is -3.20. The van der Waals surface area contributed by atoms with Crippen LogP contribution in [0, 0.1) is 0 Å². The molecule has 4 nitrogen and oxygen atoms in total. The summed E-state index contributed by atoms with van der Waals surface area (Å²) in [6.45, 7) is 5.95. The van der Waals surface area contributed by atoms with Crippen molar-refractivity contribution in [2.75, 3.05) is 30.8 Å². The highest BCUT2D eigenvalue weighted by atomic mass is 32.2. The van der Waals surface area contributed by atoms with Crippen LogP contribution in [0.1, 0.15) is 33.1 Å². The number of unbranched alkanes of at least 4 members (excludes halogenated alkanes) is 1. The van der Waals surface area contributed by atoms with Crippen molar-refractivity contribution >= 4 is 15.5 Å². The van der Waals surface area contributed by atoms with Gasteiger partial charge >= 0.3 is 0 Å². The lowest BCUT2D eigenvalue weighted by Crippen LogP contribution is -2.14. The van der Waals surface area contributed by atoms with E-state index in [0.29, 0.717) is 30.2 Å². The van der Waals surface area contributed by atoms with E-state index in [1.165, 1.54) is 0 Å². The SMILES string of the molecule is CCCCOCCNc1ccccc1S(=O)(=O)CCC. The first-order chi connectivity index (χ1) is 9.61. The molecule has 0 radical (unpaired) electrons. The van der Waals surface area contributed by atoms with Crippen molar-refractivity contribution in [3.63, 3.8) is 0 Å². The zero-order valence-electron chi connectivity index (χ0n) is 12.4. The molecule has 1 N–H and O–H groups in total. The molecule has 0 aromatic heterocycles. The number of hydrogen-bond donors (Lipinski definition) is 1. The van der Waals surface area contributed by atoms with E-state index >= 15 is 0 Å². The van der Waals surface area contributed by atoms with Crippen molar-refractivity contribution in [2.45, 2.75) is 38.0 Å². The second-order valence-electron chi connectivity index (χ2n) is 4.71. The van der Waals surface area contributed by atoms with Crippen LogP contribution in [0.15, 0.2) is 29.2 Å². The van der Waals surface area contributed by atoms with E-state index in [9.17, 15) is 8.42 Å². The van der Waals surface area contributed by atoms with Crippen LogP contribution in [0.2, 0.25) is 0 Å². The van der Waals surface area contributed by atoms with Crippen LogP contribution in [0.3, 0.4) is 0 Å². The molecule has 1 rings (SSSR count). The number of rotatable bonds is 10. The van der Waals surface area contributed by atoms with Gasteiger partial charge < -0.3 is 10.1 Å². The molecule has 0 fully saturated rings. The van der Waals surface area contributed by atoms with Crippen molar-refractivity contribution in [1.82, 2.24) is 0 Å². The Labute approximate surface area is 122 Å². The van der Waals surface area contributed by atoms with Crippen LogP contribution in [-0.2, 0) is 14.6 Å². The lowest BCUT2D eigenvalue weighted by molar-refractivity contribution is 0.141. The highest BCUT2D eigenvalue weighted by Gasteiger charge is 2.16. The van der Waals surface area contributed by atoms with Crippen LogP contribution in [0.4, 0.5) is 5.69 Å². The Morgan fingerprint density at radius 2 is 1.85 bits per heavy atom. The monoisotopic (exact) mass is 299 g/mol. The van der Waals surface area contributed by atoms with E-state index in [-0.39, 0.29) is 5.75 Å². The minimum absolute atomic E-state index is 0.179. The Hall–Kier alpha value is -1.07. The smallest absolute Gasteiger partial charge is 0.180 e. The summed E-state index contributed by atoms with van der Waals surface area (Å²) >= 11 is 0. The van der Waals surface area contributed by atoms with Crippen LogP contribution < -0.4 is 5.32 Å². The quantitative estimate of drug-likeness (QED) is 0.675. The lowest BCUT2D eigenvalue weighted by Gasteiger charge is -2.12. The van der Waals surface area contributed by atoms with E-state index < -0.39 is 9.84 Å². The Morgan fingerprint density at radius 3 is 2.55 bits per heavy atom. The first-order valence-electron chi connectivity index (χ1n) is 7.25. The van der Waals surface area contributed by atoms with Crippen LogP contribution >= 0.6 is 0 Å². The minimum Gasteiger partial charge on any atom is -0.382 e. The molecule has 0 heterocycles. The summed E-state index contributed by atoms with van der Waals surface area (Å²) in [7, 11) is -3.20. The van der Waals surface area contributed by atoms with E-state index in [1.54, 1.807) is 18.2 Å². The molecule has 0 saturated carbocycles. The van der Waals surface area contributed by atoms with Crippen LogP contribution in [-0.4, -0.2) is 33.9 Å². The van der Waals surface area contributed by atoms with Crippen molar-refractivity contribution in [1.29, 1.82) is 0 Å². The number of ether oxygens (including phenoxy) is 1. The molecule has 0 aliphatic heterocycles. The number of benzene rings is 1. The molecule has 0 aliphatic carbocycles. The third-order valence-electron chi connectivity index (χ3n) is 2.90. The molecule has 114 valence electrons. The molecule has 5 heteroatoms. The number of hydrogen-bond acceptors (Lipinski definition) is 4. The topological polar surface area (TPSA) is 55.4 Å². The summed E-state index contributed by atoms with van der Waals surface area (Å²) in [5.74, 6) is 0.179. The standard InChI is InChI=1S/C15H25NO3S/c1-3-5-11-19-12-10-16-14-8-6-7-9-15(14)20(17,18)13-4-2/h6-9,16H,3-5,10-13H2,1-2H3. The average Bonchev–Trinajstić information content (AvgIpc) is 2.43. The molecule has 0 saturated heterocycles. The fourth-order valence-corrected chi connectivity index (χ4v) is 3.39. The van der Waals surface area contributed by atoms with Gasteiger partial charge in [-0.05, 0) is 25.0 Å². The molecule has 0 aliphatic rings. The largest absolute Gasteiger partial charge is 0.382 e.